The second-order valence-corrected chi connectivity index (χ2v) is 6.09. The second-order valence-electron chi connectivity index (χ2n) is 6.09. The molecule has 0 N–H and O–H groups in total. The summed E-state index contributed by atoms with van der Waals surface area (Å²) in [5.74, 6) is -0.920. The summed E-state index contributed by atoms with van der Waals surface area (Å²) in [5, 5.41) is 18.4. The molecule has 0 aliphatic carbocycles. The predicted molar refractivity (Wildman–Crippen MR) is 96.0 cm³/mol. The minimum absolute atomic E-state index is 0.174. The molecule has 1 atom stereocenters. The number of fused-ring (bicyclic) bond motifs is 1. The maximum Gasteiger partial charge on any atom is 0.244 e. The summed E-state index contributed by atoms with van der Waals surface area (Å²) in [4.78, 5) is 16.8. The van der Waals surface area contributed by atoms with Crippen LogP contribution in [0.25, 0.3) is 0 Å². The Labute approximate surface area is 147 Å². The van der Waals surface area contributed by atoms with Crippen LogP contribution in [0.4, 0.5) is 11.4 Å². The van der Waals surface area contributed by atoms with Crippen LogP contribution in [0.3, 0.4) is 0 Å². The zero-order valence-electron chi connectivity index (χ0n) is 14.0. The van der Waals surface area contributed by atoms with Crippen molar-refractivity contribution < 1.29 is 4.79 Å². The van der Waals surface area contributed by atoms with Crippen LogP contribution in [0.5, 0.6) is 0 Å². The van der Waals surface area contributed by atoms with Crippen LogP contribution >= 0.6 is 0 Å². The molecular formula is C20H18N4O. The molecule has 25 heavy (non-hydrogen) atoms. The smallest absolute Gasteiger partial charge is 0.244 e. The van der Waals surface area contributed by atoms with E-state index in [2.05, 4.69) is 17.0 Å². The van der Waals surface area contributed by atoms with Crippen molar-refractivity contribution in [2.45, 2.75) is 6.42 Å². The number of benzene rings is 2. The van der Waals surface area contributed by atoms with Crippen molar-refractivity contribution in [2.24, 2.45) is 5.92 Å². The van der Waals surface area contributed by atoms with Gasteiger partial charge in [0, 0.05) is 20.1 Å². The summed E-state index contributed by atoms with van der Waals surface area (Å²) in [6.45, 7) is 1.30. The molecule has 0 bridgehead atoms. The maximum atomic E-state index is 13.0. The highest BCUT2D eigenvalue weighted by Gasteiger charge is 2.30. The van der Waals surface area contributed by atoms with Gasteiger partial charge in [0.05, 0.1) is 29.1 Å². The fourth-order valence-corrected chi connectivity index (χ4v) is 3.06. The van der Waals surface area contributed by atoms with Gasteiger partial charge in [-0.25, -0.2) is 0 Å². The Morgan fingerprint density at radius 1 is 1.08 bits per heavy atom. The van der Waals surface area contributed by atoms with Gasteiger partial charge >= 0.3 is 0 Å². The van der Waals surface area contributed by atoms with E-state index < -0.39 is 5.92 Å². The Balaban J connectivity index is 1.82. The second kappa shape index (κ2) is 7.07. The summed E-state index contributed by atoms with van der Waals surface area (Å²) >= 11 is 0. The lowest BCUT2D eigenvalue weighted by atomic mass is 9.97. The molecular weight excluding hydrogens is 312 g/mol. The number of amides is 1. The van der Waals surface area contributed by atoms with E-state index in [1.165, 1.54) is 0 Å². The highest BCUT2D eigenvalue weighted by Crippen LogP contribution is 2.32. The molecule has 3 rings (SSSR count). The van der Waals surface area contributed by atoms with Crippen LogP contribution < -0.4 is 9.80 Å². The molecule has 0 spiro atoms. The number of anilines is 2. The van der Waals surface area contributed by atoms with Crippen molar-refractivity contribution in [2.75, 3.05) is 29.9 Å². The first-order valence-electron chi connectivity index (χ1n) is 8.14. The molecule has 0 radical (unpaired) electrons. The zero-order valence-corrected chi connectivity index (χ0v) is 14.0. The van der Waals surface area contributed by atoms with Crippen LogP contribution in [0, 0.1) is 28.6 Å². The highest BCUT2D eigenvalue weighted by atomic mass is 16.2. The molecule has 1 aliphatic heterocycles. The summed E-state index contributed by atoms with van der Waals surface area (Å²) in [5.41, 5.74) is 3.29. The van der Waals surface area contributed by atoms with E-state index in [1.54, 1.807) is 29.2 Å². The number of para-hydroxylation sites is 2. The summed E-state index contributed by atoms with van der Waals surface area (Å²) in [6.07, 6.45) is 0.343. The first kappa shape index (κ1) is 16.5. The summed E-state index contributed by atoms with van der Waals surface area (Å²) in [7, 11) is 2.00. The SMILES string of the molecule is CN1CCN(C(=O)[C@@H](C#N)Cc2ccc(C#N)cc2)c2ccccc21. The quantitative estimate of drug-likeness (QED) is 0.867. The number of rotatable bonds is 3. The van der Waals surface area contributed by atoms with Crippen LogP contribution in [-0.4, -0.2) is 26.0 Å². The Morgan fingerprint density at radius 3 is 2.40 bits per heavy atom. The third-order valence-corrected chi connectivity index (χ3v) is 4.49. The minimum Gasteiger partial charge on any atom is -0.371 e. The van der Waals surface area contributed by atoms with E-state index in [0.717, 1.165) is 23.5 Å². The van der Waals surface area contributed by atoms with Crippen LogP contribution in [0.15, 0.2) is 48.5 Å². The van der Waals surface area contributed by atoms with Crippen LogP contribution in [0.2, 0.25) is 0 Å². The van der Waals surface area contributed by atoms with Gasteiger partial charge in [-0.2, -0.15) is 10.5 Å². The first-order chi connectivity index (χ1) is 12.1. The topological polar surface area (TPSA) is 71.1 Å². The monoisotopic (exact) mass is 330 g/mol. The van der Waals surface area contributed by atoms with Crippen molar-refractivity contribution >= 4 is 17.3 Å². The van der Waals surface area contributed by atoms with E-state index in [0.29, 0.717) is 18.5 Å². The standard InChI is InChI=1S/C20H18N4O/c1-23-10-11-24(19-5-3-2-4-18(19)23)20(25)17(14-22)12-15-6-8-16(13-21)9-7-15/h2-9,17H,10-12H2,1H3/t17-/m1/s1. The molecule has 1 aliphatic rings. The Morgan fingerprint density at radius 2 is 1.76 bits per heavy atom. The van der Waals surface area contributed by atoms with Crippen molar-refractivity contribution in [1.82, 2.24) is 0 Å². The van der Waals surface area contributed by atoms with Gasteiger partial charge in [-0.3, -0.25) is 4.79 Å². The molecule has 0 saturated heterocycles. The van der Waals surface area contributed by atoms with Crippen LogP contribution in [0.1, 0.15) is 11.1 Å². The normalized spacial score (nSPS) is 14.2. The fraction of sp³-hybridized carbons (Fsp3) is 0.250. The van der Waals surface area contributed by atoms with E-state index in [9.17, 15) is 10.1 Å². The van der Waals surface area contributed by atoms with Gasteiger partial charge in [0.2, 0.25) is 5.91 Å². The highest BCUT2D eigenvalue weighted by molar-refractivity contribution is 6.00. The lowest BCUT2D eigenvalue weighted by Crippen LogP contribution is -2.45. The van der Waals surface area contributed by atoms with E-state index in [1.807, 2.05) is 31.3 Å². The van der Waals surface area contributed by atoms with Crippen LogP contribution in [-0.2, 0) is 11.2 Å². The van der Waals surface area contributed by atoms with Gasteiger partial charge in [0.1, 0.15) is 5.92 Å². The molecule has 1 amide bonds. The molecule has 2 aromatic carbocycles. The number of carbonyl (C=O) groups is 1. The predicted octanol–water partition coefficient (Wildman–Crippen LogP) is 2.72. The number of likely N-dealkylation sites (N-methyl/N-ethyl adjacent to an activating group) is 1. The molecule has 5 heteroatoms. The average molecular weight is 330 g/mol. The molecule has 0 saturated carbocycles. The van der Waals surface area contributed by atoms with E-state index >= 15 is 0 Å². The molecule has 124 valence electrons. The number of hydrogen-bond donors (Lipinski definition) is 0. The Kier molecular flexibility index (Phi) is 4.68. The number of carbonyl (C=O) groups excluding carboxylic acids is 1. The lowest BCUT2D eigenvalue weighted by Gasteiger charge is -2.36. The van der Waals surface area contributed by atoms with Crippen molar-refractivity contribution in [3.8, 4) is 12.1 Å². The first-order valence-corrected chi connectivity index (χ1v) is 8.14. The summed E-state index contributed by atoms with van der Waals surface area (Å²) in [6, 6.07) is 19.0. The number of nitrogens with zero attached hydrogens (tertiary/aromatic N) is 4. The largest absolute Gasteiger partial charge is 0.371 e. The van der Waals surface area contributed by atoms with Gasteiger partial charge < -0.3 is 9.80 Å². The molecule has 2 aromatic rings. The van der Waals surface area contributed by atoms with E-state index in [-0.39, 0.29) is 5.91 Å². The molecule has 5 nitrogen and oxygen atoms in total. The molecule has 1 heterocycles. The lowest BCUT2D eigenvalue weighted by molar-refractivity contribution is -0.120. The van der Waals surface area contributed by atoms with Gasteiger partial charge in [-0.15, -0.1) is 0 Å². The van der Waals surface area contributed by atoms with Gasteiger partial charge in [0.25, 0.3) is 0 Å². The molecule has 0 unspecified atom stereocenters. The zero-order chi connectivity index (χ0) is 17.8. The fourth-order valence-electron chi connectivity index (χ4n) is 3.06. The van der Waals surface area contributed by atoms with Crippen molar-refractivity contribution in [3.05, 3.63) is 59.7 Å². The minimum atomic E-state index is -0.746. The van der Waals surface area contributed by atoms with E-state index in [4.69, 9.17) is 5.26 Å². The number of nitriles is 2. The molecule has 0 aromatic heterocycles. The maximum absolute atomic E-state index is 13.0. The van der Waals surface area contributed by atoms with Crippen molar-refractivity contribution in [1.29, 1.82) is 10.5 Å². The average Bonchev–Trinajstić information content (AvgIpc) is 2.66. The Bertz CT molecular complexity index is 861. The van der Waals surface area contributed by atoms with Crippen molar-refractivity contribution in [3.63, 3.8) is 0 Å². The van der Waals surface area contributed by atoms with Gasteiger partial charge in [0.15, 0.2) is 0 Å². The third-order valence-electron chi connectivity index (χ3n) is 4.49. The number of hydrogen-bond acceptors (Lipinski definition) is 4. The third kappa shape index (κ3) is 3.32. The Hall–Kier alpha value is -3.31. The van der Waals surface area contributed by atoms with Gasteiger partial charge in [-0.1, -0.05) is 24.3 Å². The molecule has 0 fully saturated rings. The van der Waals surface area contributed by atoms with Gasteiger partial charge in [-0.05, 0) is 36.2 Å². The summed E-state index contributed by atoms with van der Waals surface area (Å²) < 4.78 is 0.